The Labute approximate surface area is 219 Å². The highest BCUT2D eigenvalue weighted by Gasteiger charge is 2.39. The number of alkyl halides is 3. The maximum absolute atomic E-state index is 14.8. The summed E-state index contributed by atoms with van der Waals surface area (Å²) < 4.78 is 81.5. The molecule has 1 atom stereocenters. The molecule has 0 aliphatic carbocycles. The Bertz CT molecular complexity index is 1650. The van der Waals surface area contributed by atoms with Gasteiger partial charge in [-0.2, -0.15) is 17.9 Å². The highest BCUT2D eigenvalue weighted by molar-refractivity contribution is 7.89. The number of rotatable bonds is 7. The van der Waals surface area contributed by atoms with Crippen molar-refractivity contribution in [2.75, 3.05) is 0 Å². The highest BCUT2D eigenvalue weighted by Crippen LogP contribution is 2.37. The number of fused-ring (bicyclic) bond motifs is 1. The molecule has 0 saturated carbocycles. The number of primary amides is 1. The van der Waals surface area contributed by atoms with Gasteiger partial charge in [-0.3, -0.25) is 14.3 Å². The van der Waals surface area contributed by atoms with Gasteiger partial charge in [0.25, 0.3) is 5.91 Å². The summed E-state index contributed by atoms with van der Waals surface area (Å²) in [5, 5.41) is 0.462. The molecule has 3 N–H and O–H groups in total. The summed E-state index contributed by atoms with van der Waals surface area (Å²) in [6, 6.07) is 5.61. The van der Waals surface area contributed by atoms with Crippen LogP contribution in [0.4, 0.5) is 17.6 Å². The van der Waals surface area contributed by atoms with E-state index < -0.39 is 38.9 Å². The van der Waals surface area contributed by atoms with Gasteiger partial charge >= 0.3 is 6.18 Å². The van der Waals surface area contributed by atoms with Crippen LogP contribution >= 0.6 is 11.6 Å². The van der Waals surface area contributed by atoms with Crippen molar-refractivity contribution in [1.29, 1.82) is 0 Å². The molecule has 3 aromatic heterocycles. The van der Waals surface area contributed by atoms with Crippen molar-refractivity contribution in [1.82, 2.24) is 19.3 Å². The average Bonchev–Trinajstić information content (AvgIpc) is 3.16. The third-order valence-electron chi connectivity index (χ3n) is 5.81. The Morgan fingerprint density at radius 1 is 1.18 bits per heavy atom. The molecular weight excluding hydrogens is 550 g/mol. The second-order valence-corrected chi connectivity index (χ2v) is 10.5. The lowest BCUT2D eigenvalue weighted by Gasteiger charge is -2.17. The molecule has 4 rings (SSSR count). The number of benzene rings is 1. The second kappa shape index (κ2) is 9.97. The fraction of sp³-hybridized carbons (Fsp3) is 0.208. The van der Waals surface area contributed by atoms with Gasteiger partial charge in [0.15, 0.2) is 0 Å². The molecule has 0 spiro atoms. The number of hydrogen-bond donors (Lipinski definition) is 2. The van der Waals surface area contributed by atoms with Crippen molar-refractivity contribution in [2.45, 2.75) is 37.4 Å². The largest absolute Gasteiger partial charge is 0.404 e. The first kappa shape index (κ1) is 27.5. The Morgan fingerprint density at radius 2 is 1.89 bits per heavy atom. The summed E-state index contributed by atoms with van der Waals surface area (Å²) >= 11 is 6.17. The summed E-state index contributed by atoms with van der Waals surface area (Å²) in [5.74, 6) is -1.25. The van der Waals surface area contributed by atoms with Gasteiger partial charge in [0.2, 0.25) is 10.0 Å². The molecule has 0 bridgehead atoms. The zero-order valence-corrected chi connectivity index (χ0v) is 21.4. The van der Waals surface area contributed by atoms with Crippen molar-refractivity contribution in [3.63, 3.8) is 0 Å². The van der Waals surface area contributed by atoms with E-state index >= 15 is 0 Å². The molecule has 0 radical (unpaired) electrons. The van der Waals surface area contributed by atoms with Crippen molar-refractivity contribution < 1.29 is 30.8 Å². The molecule has 8 nitrogen and oxygen atoms in total. The predicted octanol–water partition coefficient (Wildman–Crippen LogP) is 4.77. The SMILES string of the molecule is CCc1cc2c(cc1F)c(C(N)=O)c(-c1ccc(S(=O)(=O)N[C@@H](C)C(F)(F)F)cn1)n2-c1cc(Cl)ccn1. The predicted molar refractivity (Wildman–Crippen MR) is 133 cm³/mol. The quantitative estimate of drug-likeness (QED) is 0.311. The van der Waals surface area contributed by atoms with E-state index in [4.69, 9.17) is 17.3 Å². The molecule has 0 aliphatic rings. The third-order valence-corrected chi connectivity index (χ3v) is 7.57. The van der Waals surface area contributed by atoms with Crippen LogP contribution in [-0.2, 0) is 16.4 Å². The average molecular weight is 570 g/mol. The van der Waals surface area contributed by atoms with E-state index in [1.165, 1.54) is 41.1 Å². The first-order valence-electron chi connectivity index (χ1n) is 11.1. The molecule has 14 heteroatoms. The van der Waals surface area contributed by atoms with E-state index in [0.717, 1.165) is 12.3 Å². The number of carbonyl (C=O) groups excluding carboxylic acids is 1. The fourth-order valence-electron chi connectivity index (χ4n) is 3.91. The van der Waals surface area contributed by atoms with Gasteiger partial charge in [-0.15, -0.1) is 0 Å². The van der Waals surface area contributed by atoms with E-state index in [1.807, 2.05) is 0 Å². The minimum Gasteiger partial charge on any atom is -0.366 e. The number of sulfonamides is 1. The highest BCUT2D eigenvalue weighted by atomic mass is 35.5. The Morgan fingerprint density at radius 3 is 2.45 bits per heavy atom. The fourth-order valence-corrected chi connectivity index (χ4v) is 5.24. The summed E-state index contributed by atoms with van der Waals surface area (Å²) in [6.45, 7) is 2.41. The molecule has 3 heterocycles. The number of aromatic nitrogens is 3. The van der Waals surface area contributed by atoms with Crippen LogP contribution in [0, 0.1) is 5.82 Å². The maximum atomic E-state index is 14.8. The van der Waals surface area contributed by atoms with Gasteiger partial charge in [-0.05, 0) is 49.2 Å². The van der Waals surface area contributed by atoms with E-state index in [1.54, 1.807) is 11.6 Å². The molecule has 0 aliphatic heterocycles. The van der Waals surface area contributed by atoms with E-state index in [0.29, 0.717) is 29.4 Å². The van der Waals surface area contributed by atoms with Crippen LogP contribution in [0.5, 0.6) is 0 Å². The van der Waals surface area contributed by atoms with Gasteiger partial charge in [0.05, 0.1) is 22.5 Å². The third kappa shape index (κ3) is 5.08. The van der Waals surface area contributed by atoms with Crippen molar-refractivity contribution in [3.8, 4) is 17.2 Å². The number of hydrogen-bond acceptors (Lipinski definition) is 5. The molecule has 38 heavy (non-hydrogen) atoms. The standard InChI is InChI=1S/C24H20ClF4N5O3S/c1-3-13-8-19-16(10-17(13)26)21(23(30)35)22(34(19)20-9-14(25)6-7-31-20)18-5-4-15(11-32-18)38(36,37)33-12(2)24(27,28)29/h4-12,33H,3H2,1-2H3,(H2,30,35)/t12-/m0/s1. The lowest BCUT2D eigenvalue weighted by molar-refractivity contribution is -0.147. The van der Waals surface area contributed by atoms with Crippen LogP contribution in [0.2, 0.25) is 5.02 Å². The van der Waals surface area contributed by atoms with Gasteiger partial charge < -0.3 is 5.73 Å². The van der Waals surface area contributed by atoms with E-state index in [9.17, 15) is 30.8 Å². The van der Waals surface area contributed by atoms with Crippen LogP contribution in [-0.4, -0.2) is 41.1 Å². The summed E-state index contributed by atoms with van der Waals surface area (Å²) in [5.41, 5.74) is 6.38. The number of pyridine rings is 2. The molecule has 0 unspecified atom stereocenters. The maximum Gasteiger partial charge on any atom is 0.404 e. The van der Waals surface area contributed by atoms with Gasteiger partial charge in [0.1, 0.15) is 22.6 Å². The molecule has 0 saturated heterocycles. The summed E-state index contributed by atoms with van der Waals surface area (Å²) in [6.07, 6.45) is -2.20. The number of halogens is 5. The number of nitrogens with two attached hydrogens (primary N) is 1. The lowest BCUT2D eigenvalue weighted by atomic mass is 10.0. The van der Waals surface area contributed by atoms with Crippen LogP contribution in [0.1, 0.15) is 29.8 Å². The monoisotopic (exact) mass is 569 g/mol. The lowest BCUT2D eigenvalue weighted by Crippen LogP contribution is -2.42. The molecule has 0 fully saturated rings. The summed E-state index contributed by atoms with van der Waals surface area (Å²) in [7, 11) is -4.59. The normalized spacial score (nSPS) is 13.1. The topological polar surface area (TPSA) is 120 Å². The Balaban J connectivity index is 1.97. The van der Waals surface area contributed by atoms with Crippen molar-refractivity contribution in [3.05, 3.63) is 70.8 Å². The van der Waals surface area contributed by atoms with Gasteiger partial charge in [-0.25, -0.2) is 17.8 Å². The number of carbonyl (C=O) groups is 1. The van der Waals surface area contributed by atoms with Crippen molar-refractivity contribution >= 4 is 38.4 Å². The smallest absolute Gasteiger partial charge is 0.366 e. The molecule has 200 valence electrons. The van der Waals surface area contributed by atoms with E-state index in [-0.39, 0.29) is 28.2 Å². The van der Waals surface area contributed by atoms with Crippen LogP contribution in [0.3, 0.4) is 0 Å². The number of nitrogens with one attached hydrogen (secondary N) is 1. The molecule has 4 aromatic rings. The van der Waals surface area contributed by atoms with Gasteiger partial charge in [-0.1, -0.05) is 18.5 Å². The van der Waals surface area contributed by atoms with Crippen LogP contribution in [0.15, 0.2) is 53.7 Å². The molecule has 1 aromatic carbocycles. The molecule has 1 amide bonds. The van der Waals surface area contributed by atoms with Crippen LogP contribution < -0.4 is 10.5 Å². The second-order valence-electron chi connectivity index (χ2n) is 8.33. The van der Waals surface area contributed by atoms with Crippen molar-refractivity contribution in [2.24, 2.45) is 5.73 Å². The first-order chi connectivity index (χ1) is 17.7. The Kier molecular flexibility index (Phi) is 7.21. The van der Waals surface area contributed by atoms with Crippen LogP contribution in [0.25, 0.3) is 28.1 Å². The minimum atomic E-state index is -4.80. The molecular formula is C24H20ClF4N5O3S. The number of aryl methyl sites for hydroxylation is 1. The number of nitrogens with zero attached hydrogens (tertiary/aromatic N) is 3. The first-order valence-corrected chi connectivity index (χ1v) is 12.9. The minimum absolute atomic E-state index is 0.0260. The zero-order chi connectivity index (χ0) is 28.0. The summed E-state index contributed by atoms with van der Waals surface area (Å²) in [4.78, 5) is 20.5. The Hall–Kier alpha value is -3.55. The number of amides is 1. The van der Waals surface area contributed by atoms with E-state index in [2.05, 4.69) is 9.97 Å². The van der Waals surface area contributed by atoms with Gasteiger partial charge in [0, 0.05) is 28.9 Å². The zero-order valence-electron chi connectivity index (χ0n) is 19.8.